The van der Waals surface area contributed by atoms with Crippen LogP contribution in [-0.4, -0.2) is 49.5 Å². The third kappa shape index (κ3) is 3.45. The lowest BCUT2D eigenvalue weighted by atomic mass is 10.1. The number of carboxylic acid groups (broad SMARTS) is 1. The van der Waals surface area contributed by atoms with Crippen molar-refractivity contribution in [1.82, 2.24) is 20.2 Å². The molecule has 1 saturated carbocycles. The Bertz CT molecular complexity index is 1140. The second kappa shape index (κ2) is 7.56. The van der Waals surface area contributed by atoms with Crippen molar-refractivity contribution in [1.29, 1.82) is 0 Å². The Kier molecular flexibility index (Phi) is 4.74. The number of aromatic nitrogens is 4. The van der Waals surface area contributed by atoms with Crippen LogP contribution >= 0.6 is 11.8 Å². The Morgan fingerprint density at radius 2 is 1.97 bits per heavy atom. The lowest BCUT2D eigenvalue weighted by molar-refractivity contribution is -0.116. The van der Waals surface area contributed by atoms with Gasteiger partial charge in [0.05, 0.1) is 17.0 Å². The van der Waals surface area contributed by atoms with Crippen molar-refractivity contribution in [2.75, 3.05) is 17.2 Å². The van der Waals surface area contributed by atoms with Crippen LogP contribution in [0, 0.1) is 0 Å². The molecule has 0 radical (unpaired) electrons. The Balaban J connectivity index is 1.31. The highest BCUT2D eigenvalue weighted by Crippen LogP contribution is 2.42. The minimum absolute atomic E-state index is 0.0148. The number of anilines is 1. The van der Waals surface area contributed by atoms with E-state index < -0.39 is 5.97 Å². The molecule has 1 N–H and O–H groups in total. The number of hydrogen-bond donors (Lipinski definition) is 1. The molecule has 0 spiro atoms. The van der Waals surface area contributed by atoms with Crippen LogP contribution in [-0.2, 0) is 11.2 Å². The molecule has 1 aromatic heterocycles. The molecule has 9 heteroatoms. The van der Waals surface area contributed by atoms with E-state index in [1.807, 2.05) is 4.90 Å². The second-order valence-electron chi connectivity index (χ2n) is 7.44. The molecule has 0 unspecified atom stereocenters. The molecule has 0 saturated heterocycles. The van der Waals surface area contributed by atoms with E-state index in [9.17, 15) is 14.7 Å². The number of thioether (sulfide) groups is 1. The highest BCUT2D eigenvalue weighted by Gasteiger charge is 2.29. The Morgan fingerprint density at radius 3 is 2.77 bits per heavy atom. The van der Waals surface area contributed by atoms with Gasteiger partial charge in [-0.2, -0.15) is 4.68 Å². The minimum atomic E-state index is -1.06. The summed E-state index contributed by atoms with van der Waals surface area (Å²) in [7, 11) is 0. The van der Waals surface area contributed by atoms with Gasteiger partial charge in [0, 0.05) is 12.2 Å². The predicted octanol–water partition coefficient (Wildman–Crippen LogP) is 2.92. The molecule has 5 rings (SSSR count). The molecule has 2 aromatic carbocycles. The highest BCUT2D eigenvalue weighted by molar-refractivity contribution is 7.99. The topological polar surface area (TPSA) is 101 Å². The van der Waals surface area contributed by atoms with Crippen LogP contribution in [0.25, 0.3) is 5.69 Å². The van der Waals surface area contributed by atoms with Gasteiger partial charge in [-0.25, -0.2) is 4.79 Å². The maximum absolute atomic E-state index is 12.9. The number of carbonyl (C=O) groups excluding carboxylic acids is 1. The van der Waals surface area contributed by atoms with E-state index in [2.05, 4.69) is 33.7 Å². The fraction of sp³-hybridized carbons (Fsp3) is 0.286. The summed E-state index contributed by atoms with van der Waals surface area (Å²) >= 11 is 1.20. The van der Waals surface area contributed by atoms with Crippen LogP contribution in [0.15, 0.2) is 47.6 Å². The van der Waals surface area contributed by atoms with Crippen LogP contribution in [0.5, 0.6) is 0 Å². The normalized spacial score (nSPS) is 15.3. The number of hydrogen-bond acceptors (Lipinski definition) is 6. The molecule has 3 aromatic rings. The second-order valence-corrected chi connectivity index (χ2v) is 8.38. The molecule has 30 heavy (non-hydrogen) atoms. The van der Waals surface area contributed by atoms with Crippen LogP contribution in [0.3, 0.4) is 0 Å². The molecule has 1 amide bonds. The third-order valence-corrected chi connectivity index (χ3v) is 6.38. The smallest absolute Gasteiger partial charge is 0.337 e. The van der Waals surface area contributed by atoms with E-state index >= 15 is 0 Å². The summed E-state index contributed by atoms with van der Waals surface area (Å²) in [6, 6.07) is 12.9. The van der Waals surface area contributed by atoms with E-state index in [1.54, 1.807) is 18.2 Å². The van der Waals surface area contributed by atoms with Crippen molar-refractivity contribution in [2.45, 2.75) is 30.3 Å². The van der Waals surface area contributed by atoms with Crippen molar-refractivity contribution in [3.8, 4) is 5.69 Å². The molecule has 8 nitrogen and oxygen atoms in total. The van der Waals surface area contributed by atoms with E-state index in [4.69, 9.17) is 0 Å². The number of fused-ring (bicyclic) bond motifs is 1. The number of amides is 1. The SMILES string of the molecule is O=C(O)c1ccccc1-n1nnnc1SCC(=O)N1CCc2cc(C3CC3)ccc21. The zero-order valence-corrected chi connectivity index (χ0v) is 16.9. The van der Waals surface area contributed by atoms with Crippen LogP contribution in [0.4, 0.5) is 5.69 Å². The largest absolute Gasteiger partial charge is 0.478 e. The predicted molar refractivity (Wildman–Crippen MR) is 111 cm³/mol. The zero-order chi connectivity index (χ0) is 20.7. The number of nitrogens with zero attached hydrogens (tertiary/aromatic N) is 5. The third-order valence-electron chi connectivity index (χ3n) is 5.48. The van der Waals surface area contributed by atoms with Crippen molar-refractivity contribution in [2.24, 2.45) is 0 Å². The average molecular weight is 421 g/mol. The molecule has 2 heterocycles. The number of carbonyl (C=O) groups is 2. The minimum Gasteiger partial charge on any atom is -0.478 e. The first kappa shape index (κ1) is 18.8. The van der Waals surface area contributed by atoms with Gasteiger partial charge in [-0.15, -0.1) is 5.10 Å². The van der Waals surface area contributed by atoms with Gasteiger partial charge in [0.2, 0.25) is 11.1 Å². The van der Waals surface area contributed by atoms with Gasteiger partial charge in [0.25, 0.3) is 0 Å². The standard InChI is InChI=1S/C21H19N5O3S/c27-19(25-10-9-15-11-14(13-5-6-13)7-8-17(15)25)12-30-21-22-23-24-26(21)18-4-2-1-3-16(18)20(28)29/h1-4,7-8,11,13H,5-6,9-10,12H2,(H,28,29). The monoisotopic (exact) mass is 421 g/mol. The fourth-order valence-electron chi connectivity index (χ4n) is 3.81. The quantitative estimate of drug-likeness (QED) is 0.611. The van der Waals surface area contributed by atoms with Gasteiger partial charge in [0.1, 0.15) is 0 Å². The number of aromatic carboxylic acids is 1. The average Bonchev–Trinajstić information content (AvgIpc) is 3.36. The van der Waals surface area contributed by atoms with Gasteiger partial charge < -0.3 is 10.0 Å². The lowest BCUT2D eigenvalue weighted by Crippen LogP contribution is -2.30. The first-order chi connectivity index (χ1) is 14.6. The van der Waals surface area contributed by atoms with Gasteiger partial charge in [-0.3, -0.25) is 4.79 Å². The summed E-state index contributed by atoms with van der Waals surface area (Å²) in [4.78, 5) is 26.2. The number of para-hydroxylation sites is 1. The van der Waals surface area contributed by atoms with E-state index in [-0.39, 0.29) is 17.2 Å². The molecule has 1 fully saturated rings. The molecular weight excluding hydrogens is 402 g/mol. The van der Waals surface area contributed by atoms with Crippen LogP contribution in [0.1, 0.15) is 40.2 Å². The fourth-order valence-corrected chi connectivity index (χ4v) is 4.57. The lowest BCUT2D eigenvalue weighted by Gasteiger charge is -2.17. The van der Waals surface area contributed by atoms with E-state index in [0.717, 1.165) is 12.1 Å². The first-order valence-electron chi connectivity index (χ1n) is 9.79. The number of tetrazole rings is 1. The molecule has 2 aliphatic rings. The maximum atomic E-state index is 12.9. The first-order valence-corrected chi connectivity index (χ1v) is 10.8. The molecule has 0 bridgehead atoms. The molecular formula is C21H19N5O3S. The molecule has 1 aliphatic heterocycles. The summed E-state index contributed by atoms with van der Waals surface area (Å²) in [5.41, 5.74) is 4.06. The van der Waals surface area contributed by atoms with Crippen molar-refractivity contribution < 1.29 is 14.7 Å². The number of benzene rings is 2. The van der Waals surface area contributed by atoms with Crippen molar-refractivity contribution in [3.05, 3.63) is 59.2 Å². The van der Waals surface area contributed by atoms with Gasteiger partial charge in [0.15, 0.2) is 0 Å². The summed E-state index contributed by atoms with van der Waals surface area (Å²) in [5, 5.41) is 21.4. The Hall–Kier alpha value is -3.20. The van der Waals surface area contributed by atoms with Gasteiger partial charge >= 0.3 is 5.97 Å². The summed E-state index contributed by atoms with van der Waals surface area (Å²) in [6.07, 6.45) is 3.39. The molecule has 152 valence electrons. The highest BCUT2D eigenvalue weighted by atomic mass is 32.2. The Morgan fingerprint density at radius 1 is 1.13 bits per heavy atom. The zero-order valence-electron chi connectivity index (χ0n) is 16.1. The van der Waals surface area contributed by atoms with Crippen LogP contribution < -0.4 is 4.90 Å². The summed E-state index contributed by atoms with van der Waals surface area (Å²) in [6.45, 7) is 0.676. The Labute approximate surface area is 176 Å². The van der Waals surface area contributed by atoms with Crippen molar-refractivity contribution in [3.63, 3.8) is 0 Å². The number of carboxylic acids is 1. The van der Waals surface area contributed by atoms with Crippen LogP contribution in [0.2, 0.25) is 0 Å². The van der Waals surface area contributed by atoms with Gasteiger partial charge in [-0.05, 0) is 64.9 Å². The maximum Gasteiger partial charge on any atom is 0.337 e. The van der Waals surface area contributed by atoms with Crippen molar-refractivity contribution >= 4 is 29.3 Å². The van der Waals surface area contributed by atoms with E-state index in [0.29, 0.717) is 23.3 Å². The number of rotatable bonds is 6. The summed E-state index contributed by atoms with van der Waals surface area (Å²) < 4.78 is 1.36. The van der Waals surface area contributed by atoms with E-state index in [1.165, 1.54) is 46.5 Å². The van der Waals surface area contributed by atoms with Gasteiger partial charge in [-0.1, -0.05) is 36.0 Å². The molecule has 0 atom stereocenters. The summed E-state index contributed by atoms with van der Waals surface area (Å²) in [5.74, 6) is -0.214. The molecule has 1 aliphatic carbocycles.